The van der Waals surface area contributed by atoms with Crippen molar-refractivity contribution in [2.45, 2.75) is 20.3 Å². The van der Waals surface area contributed by atoms with Gasteiger partial charge in [0.15, 0.2) is 0 Å². The Labute approximate surface area is 71.9 Å². The van der Waals surface area contributed by atoms with Crippen molar-refractivity contribution in [3.05, 3.63) is 12.7 Å². The van der Waals surface area contributed by atoms with Crippen molar-refractivity contribution in [2.24, 2.45) is 11.8 Å². The predicted molar refractivity (Wildman–Crippen MR) is 52.0 cm³/mol. The van der Waals surface area contributed by atoms with Gasteiger partial charge in [0.1, 0.15) is 0 Å². The third kappa shape index (κ3) is 3.95. The zero-order chi connectivity index (χ0) is 7.28. The largest absolute Gasteiger partial charge is 0.103 e. The van der Waals surface area contributed by atoms with Crippen LogP contribution in [0.3, 0.4) is 0 Å². The molecule has 0 aliphatic rings. The molecule has 0 aliphatic carbocycles. The average molecular weight is 238 g/mol. The summed E-state index contributed by atoms with van der Waals surface area (Å²) < 4.78 is 1.24. The number of hydrogen-bond donors (Lipinski definition) is 0. The fraction of sp³-hybridized carbons (Fsp3) is 0.750. The van der Waals surface area contributed by atoms with Gasteiger partial charge in [-0.15, -0.1) is 6.58 Å². The number of halogens is 1. The monoisotopic (exact) mass is 238 g/mol. The number of allylic oxidation sites excluding steroid dienone is 1. The van der Waals surface area contributed by atoms with Crippen LogP contribution in [0, 0.1) is 11.8 Å². The standard InChI is InChI=1S/C8H15I/c1-4-8(5-6-9)7(2)3/h4,7-8H,1,5-6H2,2-3H3/t8-/m1/s1. The van der Waals surface area contributed by atoms with Crippen molar-refractivity contribution >= 4 is 22.6 Å². The first-order chi connectivity index (χ1) is 4.22. The van der Waals surface area contributed by atoms with Crippen LogP contribution in [0.25, 0.3) is 0 Å². The van der Waals surface area contributed by atoms with E-state index in [0.29, 0.717) is 0 Å². The first kappa shape index (κ1) is 9.47. The molecule has 0 radical (unpaired) electrons. The van der Waals surface area contributed by atoms with Crippen molar-refractivity contribution in [3.8, 4) is 0 Å². The fourth-order valence-electron chi connectivity index (χ4n) is 0.849. The summed E-state index contributed by atoms with van der Waals surface area (Å²) in [6, 6.07) is 0. The molecule has 0 saturated heterocycles. The van der Waals surface area contributed by atoms with E-state index in [1.54, 1.807) is 0 Å². The lowest BCUT2D eigenvalue weighted by molar-refractivity contribution is 0.459. The van der Waals surface area contributed by atoms with E-state index in [0.717, 1.165) is 11.8 Å². The molecule has 1 heteroatoms. The van der Waals surface area contributed by atoms with E-state index in [2.05, 4.69) is 49.1 Å². The van der Waals surface area contributed by atoms with Gasteiger partial charge in [0.05, 0.1) is 0 Å². The molecule has 0 aromatic carbocycles. The lowest BCUT2D eigenvalue weighted by Crippen LogP contribution is -2.04. The highest BCUT2D eigenvalue weighted by Crippen LogP contribution is 2.16. The lowest BCUT2D eigenvalue weighted by Gasteiger charge is -2.13. The van der Waals surface area contributed by atoms with E-state index in [1.807, 2.05) is 0 Å². The number of hydrogen-bond acceptors (Lipinski definition) is 0. The van der Waals surface area contributed by atoms with Gasteiger partial charge in [-0.1, -0.05) is 42.5 Å². The molecular weight excluding hydrogens is 223 g/mol. The van der Waals surface area contributed by atoms with Crippen molar-refractivity contribution in [1.82, 2.24) is 0 Å². The molecule has 54 valence electrons. The highest BCUT2D eigenvalue weighted by atomic mass is 127. The fourth-order valence-corrected chi connectivity index (χ4v) is 1.57. The van der Waals surface area contributed by atoms with E-state index in [1.165, 1.54) is 10.8 Å². The maximum Gasteiger partial charge on any atom is 0.0000971 e. The zero-order valence-electron chi connectivity index (χ0n) is 6.23. The summed E-state index contributed by atoms with van der Waals surface area (Å²) in [6.07, 6.45) is 3.35. The first-order valence-corrected chi connectivity index (χ1v) is 4.93. The molecule has 0 aliphatic heterocycles. The van der Waals surface area contributed by atoms with Crippen LogP contribution >= 0.6 is 22.6 Å². The van der Waals surface area contributed by atoms with E-state index in [4.69, 9.17) is 0 Å². The topological polar surface area (TPSA) is 0 Å². The van der Waals surface area contributed by atoms with Crippen LogP contribution in [0.4, 0.5) is 0 Å². The highest BCUT2D eigenvalue weighted by molar-refractivity contribution is 14.1. The smallest absolute Gasteiger partial charge is 0.0000971 e. The van der Waals surface area contributed by atoms with Crippen molar-refractivity contribution < 1.29 is 0 Å². The molecule has 0 nitrogen and oxygen atoms in total. The Morgan fingerprint density at radius 1 is 1.56 bits per heavy atom. The second-order valence-corrected chi connectivity index (χ2v) is 3.70. The second-order valence-electron chi connectivity index (χ2n) is 2.62. The van der Waals surface area contributed by atoms with Gasteiger partial charge in [0.2, 0.25) is 0 Å². The predicted octanol–water partition coefficient (Wildman–Crippen LogP) is 3.27. The van der Waals surface area contributed by atoms with Crippen LogP contribution in [0.2, 0.25) is 0 Å². The minimum Gasteiger partial charge on any atom is -0.103 e. The molecular formula is C8H15I. The third-order valence-electron chi connectivity index (χ3n) is 1.60. The third-order valence-corrected chi connectivity index (χ3v) is 2.22. The molecule has 0 aromatic heterocycles. The van der Waals surface area contributed by atoms with E-state index >= 15 is 0 Å². The van der Waals surface area contributed by atoms with Gasteiger partial charge >= 0.3 is 0 Å². The summed E-state index contributed by atoms with van der Waals surface area (Å²) >= 11 is 2.41. The van der Waals surface area contributed by atoms with Gasteiger partial charge in [-0.2, -0.15) is 0 Å². The molecule has 0 aromatic rings. The lowest BCUT2D eigenvalue weighted by atomic mass is 9.94. The Morgan fingerprint density at radius 3 is 2.22 bits per heavy atom. The van der Waals surface area contributed by atoms with Crippen LogP contribution in [-0.2, 0) is 0 Å². The summed E-state index contributed by atoms with van der Waals surface area (Å²) in [4.78, 5) is 0. The Bertz CT molecular complexity index is 76.6. The molecule has 0 N–H and O–H groups in total. The minimum atomic E-state index is 0.724. The molecule has 0 saturated carbocycles. The molecule has 0 amide bonds. The summed E-state index contributed by atoms with van der Waals surface area (Å²) in [5.41, 5.74) is 0. The molecule has 0 heterocycles. The summed E-state index contributed by atoms with van der Waals surface area (Å²) in [5, 5.41) is 0. The molecule has 0 unspecified atom stereocenters. The maximum atomic E-state index is 3.80. The second kappa shape index (κ2) is 5.27. The Kier molecular flexibility index (Phi) is 5.55. The van der Waals surface area contributed by atoms with E-state index in [-0.39, 0.29) is 0 Å². The Morgan fingerprint density at radius 2 is 2.11 bits per heavy atom. The average Bonchev–Trinajstić information content (AvgIpc) is 1.82. The van der Waals surface area contributed by atoms with Gasteiger partial charge in [-0.25, -0.2) is 0 Å². The summed E-state index contributed by atoms with van der Waals surface area (Å²) in [5.74, 6) is 1.49. The summed E-state index contributed by atoms with van der Waals surface area (Å²) in [6.45, 7) is 8.29. The maximum absolute atomic E-state index is 3.80. The van der Waals surface area contributed by atoms with Crippen molar-refractivity contribution in [1.29, 1.82) is 0 Å². The molecule has 1 atom stereocenters. The zero-order valence-corrected chi connectivity index (χ0v) is 8.39. The van der Waals surface area contributed by atoms with Gasteiger partial charge in [-0.05, 0) is 18.3 Å². The van der Waals surface area contributed by atoms with Crippen molar-refractivity contribution in [2.75, 3.05) is 4.43 Å². The molecule has 0 rings (SSSR count). The highest BCUT2D eigenvalue weighted by Gasteiger charge is 2.06. The number of rotatable bonds is 4. The van der Waals surface area contributed by atoms with E-state index in [9.17, 15) is 0 Å². The SMILES string of the molecule is C=C[C@H](CCI)C(C)C. The first-order valence-electron chi connectivity index (χ1n) is 3.41. The quantitative estimate of drug-likeness (QED) is 0.400. The Hall–Kier alpha value is 0.470. The molecule has 9 heavy (non-hydrogen) atoms. The minimum absolute atomic E-state index is 0.724. The van der Waals surface area contributed by atoms with Crippen LogP contribution in [0.15, 0.2) is 12.7 Å². The van der Waals surface area contributed by atoms with Gasteiger partial charge in [0, 0.05) is 4.43 Å². The van der Waals surface area contributed by atoms with Crippen LogP contribution in [0.5, 0.6) is 0 Å². The normalized spacial score (nSPS) is 13.8. The Balaban J connectivity index is 3.54. The van der Waals surface area contributed by atoms with Crippen LogP contribution in [0.1, 0.15) is 20.3 Å². The van der Waals surface area contributed by atoms with Gasteiger partial charge in [-0.3, -0.25) is 0 Å². The summed E-state index contributed by atoms with van der Waals surface area (Å²) in [7, 11) is 0. The molecule has 0 spiro atoms. The van der Waals surface area contributed by atoms with Crippen LogP contribution in [-0.4, -0.2) is 4.43 Å². The molecule has 0 bridgehead atoms. The van der Waals surface area contributed by atoms with E-state index < -0.39 is 0 Å². The van der Waals surface area contributed by atoms with Crippen molar-refractivity contribution in [3.63, 3.8) is 0 Å². The molecule has 0 fully saturated rings. The van der Waals surface area contributed by atoms with Crippen LogP contribution < -0.4 is 0 Å². The number of alkyl halides is 1. The van der Waals surface area contributed by atoms with Gasteiger partial charge < -0.3 is 0 Å². The van der Waals surface area contributed by atoms with Gasteiger partial charge in [0.25, 0.3) is 0 Å².